The summed E-state index contributed by atoms with van der Waals surface area (Å²) >= 11 is 0. The zero-order valence-corrected chi connectivity index (χ0v) is 14.9. The van der Waals surface area contributed by atoms with E-state index in [0.29, 0.717) is 6.42 Å². The molecule has 5 nitrogen and oxygen atoms in total. The number of hydrogen-bond donors (Lipinski definition) is 0. The molecule has 1 unspecified atom stereocenters. The van der Waals surface area contributed by atoms with E-state index < -0.39 is 0 Å². The number of hydrogen-bond acceptors (Lipinski definition) is 3. The molecule has 0 spiro atoms. The molecule has 0 aliphatic carbocycles. The molecule has 24 heavy (non-hydrogen) atoms. The predicted octanol–water partition coefficient (Wildman–Crippen LogP) is 2.95. The molecule has 1 saturated heterocycles. The van der Waals surface area contributed by atoms with Gasteiger partial charge in [-0.25, -0.2) is 0 Å². The van der Waals surface area contributed by atoms with Gasteiger partial charge in [0.25, 0.3) is 0 Å². The van der Waals surface area contributed by atoms with Crippen LogP contribution in [0.25, 0.3) is 0 Å². The summed E-state index contributed by atoms with van der Waals surface area (Å²) < 4.78 is 7.07. The van der Waals surface area contributed by atoms with Gasteiger partial charge in [0.1, 0.15) is 5.75 Å². The molecular formula is C19H25N3O2. The number of nitrogens with zero attached hydrogens (tertiary/aromatic N) is 3. The number of rotatable bonds is 4. The van der Waals surface area contributed by atoms with Crippen LogP contribution in [-0.4, -0.2) is 34.2 Å². The van der Waals surface area contributed by atoms with Gasteiger partial charge in [0.15, 0.2) is 0 Å². The third kappa shape index (κ3) is 3.03. The number of carbonyl (C=O) groups excluding carboxylic acids is 1. The summed E-state index contributed by atoms with van der Waals surface area (Å²) in [6.07, 6.45) is 2.49. The Labute approximate surface area is 143 Å². The van der Waals surface area contributed by atoms with Gasteiger partial charge in [-0.1, -0.05) is 12.1 Å². The maximum atomic E-state index is 12.9. The quantitative estimate of drug-likeness (QED) is 0.867. The monoisotopic (exact) mass is 327 g/mol. The minimum Gasteiger partial charge on any atom is -0.497 e. The molecule has 1 aliphatic heterocycles. The molecule has 1 aromatic carbocycles. The molecule has 0 radical (unpaired) electrons. The Balaban J connectivity index is 1.78. The van der Waals surface area contributed by atoms with Gasteiger partial charge >= 0.3 is 0 Å². The standard InChI is InChI=1S/C19H25N3O2/c1-13-17(14(2)21(3)20-13)12-19(23)22-11-5-6-18(22)15-7-9-16(24-4)10-8-15/h7-10,18H,5-6,11-12H2,1-4H3. The van der Waals surface area contributed by atoms with E-state index in [9.17, 15) is 4.79 Å². The van der Waals surface area contributed by atoms with Crippen LogP contribution < -0.4 is 4.74 Å². The number of benzene rings is 1. The second kappa shape index (κ2) is 6.67. The molecule has 2 heterocycles. The molecule has 1 amide bonds. The number of aromatic nitrogens is 2. The summed E-state index contributed by atoms with van der Waals surface area (Å²) in [7, 11) is 3.59. The predicted molar refractivity (Wildman–Crippen MR) is 93.1 cm³/mol. The molecule has 2 aromatic rings. The number of methoxy groups -OCH3 is 1. The average molecular weight is 327 g/mol. The molecule has 0 bridgehead atoms. The van der Waals surface area contributed by atoms with Crippen molar-refractivity contribution in [1.29, 1.82) is 0 Å². The van der Waals surface area contributed by atoms with Crippen molar-refractivity contribution in [2.75, 3.05) is 13.7 Å². The van der Waals surface area contributed by atoms with Crippen LogP contribution >= 0.6 is 0 Å². The van der Waals surface area contributed by atoms with E-state index in [1.807, 2.05) is 42.6 Å². The summed E-state index contributed by atoms with van der Waals surface area (Å²) in [5.74, 6) is 1.03. The highest BCUT2D eigenvalue weighted by atomic mass is 16.5. The lowest BCUT2D eigenvalue weighted by molar-refractivity contribution is -0.131. The lowest BCUT2D eigenvalue weighted by Crippen LogP contribution is -2.32. The van der Waals surface area contributed by atoms with Crippen molar-refractivity contribution in [2.24, 2.45) is 7.05 Å². The van der Waals surface area contributed by atoms with E-state index in [1.54, 1.807) is 7.11 Å². The Morgan fingerprint density at radius 3 is 2.58 bits per heavy atom. The SMILES string of the molecule is COc1ccc(C2CCCN2C(=O)Cc2c(C)nn(C)c2C)cc1. The lowest BCUT2D eigenvalue weighted by Gasteiger charge is -2.25. The normalized spacial score (nSPS) is 17.3. The van der Waals surface area contributed by atoms with E-state index in [4.69, 9.17) is 4.74 Å². The first-order chi connectivity index (χ1) is 11.5. The van der Waals surface area contributed by atoms with E-state index >= 15 is 0 Å². The van der Waals surface area contributed by atoms with Crippen molar-refractivity contribution in [3.05, 3.63) is 46.8 Å². The number of carbonyl (C=O) groups is 1. The fourth-order valence-corrected chi connectivity index (χ4v) is 3.56. The summed E-state index contributed by atoms with van der Waals surface area (Å²) in [6, 6.07) is 8.23. The van der Waals surface area contributed by atoms with Gasteiger partial charge in [0.05, 0.1) is 25.3 Å². The Morgan fingerprint density at radius 1 is 1.29 bits per heavy atom. The van der Waals surface area contributed by atoms with Gasteiger partial charge < -0.3 is 9.64 Å². The molecule has 1 atom stereocenters. The van der Waals surface area contributed by atoms with Crippen molar-refractivity contribution >= 4 is 5.91 Å². The van der Waals surface area contributed by atoms with Crippen molar-refractivity contribution < 1.29 is 9.53 Å². The van der Waals surface area contributed by atoms with Gasteiger partial charge in [0, 0.05) is 24.8 Å². The Hall–Kier alpha value is -2.30. The molecule has 1 aromatic heterocycles. The van der Waals surface area contributed by atoms with Gasteiger partial charge in [-0.15, -0.1) is 0 Å². The smallest absolute Gasteiger partial charge is 0.227 e. The zero-order valence-electron chi connectivity index (χ0n) is 14.9. The number of amides is 1. The number of ether oxygens (including phenoxy) is 1. The summed E-state index contributed by atoms with van der Waals surface area (Å²) in [5, 5.41) is 4.42. The molecule has 0 saturated carbocycles. The third-order valence-electron chi connectivity index (χ3n) is 5.06. The highest BCUT2D eigenvalue weighted by molar-refractivity contribution is 5.80. The number of aryl methyl sites for hydroxylation is 2. The van der Waals surface area contributed by atoms with Crippen LogP contribution in [0.15, 0.2) is 24.3 Å². The number of likely N-dealkylation sites (tertiary alicyclic amines) is 1. The summed E-state index contributed by atoms with van der Waals surface area (Å²) in [5.41, 5.74) is 4.26. The van der Waals surface area contributed by atoms with Crippen LogP contribution in [0.3, 0.4) is 0 Å². The Bertz CT molecular complexity index is 734. The zero-order chi connectivity index (χ0) is 17.3. The van der Waals surface area contributed by atoms with Crippen molar-refractivity contribution in [3.63, 3.8) is 0 Å². The van der Waals surface area contributed by atoms with Crippen molar-refractivity contribution in [2.45, 2.75) is 39.2 Å². The van der Waals surface area contributed by atoms with E-state index in [-0.39, 0.29) is 11.9 Å². The third-order valence-corrected chi connectivity index (χ3v) is 5.06. The maximum absolute atomic E-state index is 12.9. The van der Waals surface area contributed by atoms with Crippen molar-refractivity contribution in [1.82, 2.24) is 14.7 Å². The van der Waals surface area contributed by atoms with E-state index in [0.717, 1.165) is 42.1 Å². The van der Waals surface area contributed by atoms with Crippen LogP contribution in [0.2, 0.25) is 0 Å². The summed E-state index contributed by atoms with van der Waals surface area (Å²) in [4.78, 5) is 14.9. The fourth-order valence-electron chi connectivity index (χ4n) is 3.56. The van der Waals surface area contributed by atoms with Gasteiger partial charge in [-0.05, 0) is 44.4 Å². The van der Waals surface area contributed by atoms with Crippen LogP contribution in [-0.2, 0) is 18.3 Å². The molecular weight excluding hydrogens is 302 g/mol. The molecule has 5 heteroatoms. The molecule has 1 aliphatic rings. The first-order valence-corrected chi connectivity index (χ1v) is 8.43. The lowest BCUT2D eigenvalue weighted by atomic mass is 10.0. The van der Waals surface area contributed by atoms with Crippen LogP contribution in [0.1, 0.15) is 41.4 Å². The second-order valence-corrected chi connectivity index (χ2v) is 6.47. The molecule has 0 N–H and O–H groups in total. The minimum absolute atomic E-state index is 0.167. The maximum Gasteiger partial charge on any atom is 0.227 e. The van der Waals surface area contributed by atoms with Gasteiger partial charge in [0.2, 0.25) is 5.91 Å². The van der Waals surface area contributed by atoms with Crippen LogP contribution in [0.4, 0.5) is 0 Å². The van der Waals surface area contributed by atoms with Gasteiger partial charge in [-0.3, -0.25) is 9.48 Å². The van der Waals surface area contributed by atoms with E-state index in [2.05, 4.69) is 17.2 Å². The molecule has 1 fully saturated rings. The molecule has 3 rings (SSSR count). The Morgan fingerprint density at radius 2 is 2.00 bits per heavy atom. The first kappa shape index (κ1) is 16.6. The summed E-state index contributed by atoms with van der Waals surface area (Å²) in [6.45, 7) is 4.82. The van der Waals surface area contributed by atoms with E-state index in [1.165, 1.54) is 5.56 Å². The largest absolute Gasteiger partial charge is 0.497 e. The van der Waals surface area contributed by atoms with Crippen molar-refractivity contribution in [3.8, 4) is 5.75 Å². The first-order valence-electron chi connectivity index (χ1n) is 8.43. The molecule has 128 valence electrons. The van der Waals surface area contributed by atoms with Crippen LogP contribution in [0.5, 0.6) is 5.75 Å². The van der Waals surface area contributed by atoms with Crippen LogP contribution in [0, 0.1) is 13.8 Å². The second-order valence-electron chi connectivity index (χ2n) is 6.47. The fraction of sp³-hybridized carbons (Fsp3) is 0.474. The highest BCUT2D eigenvalue weighted by Crippen LogP contribution is 2.33. The van der Waals surface area contributed by atoms with Gasteiger partial charge in [-0.2, -0.15) is 5.10 Å². The average Bonchev–Trinajstić information content (AvgIpc) is 3.16. The highest BCUT2D eigenvalue weighted by Gasteiger charge is 2.30. The minimum atomic E-state index is 0.167. The Kier molecular flexibility index (Phi) is 4.60. The topological polar surface area (TPSA) is 47.4 Å².